The van der Waals surface area contributed by atoms with Gasteiger partial charge in [0.2, 0.25) is 18.6 Å². The molecule has 8 nitrogen and oxygen atoms in total. The first-order chi connectivity index (χ1) is 17.4. The summed E-state index contributed by atoms with van der Waals surface area (Å²) in [6, 6.07) is 22.9. The summed E-state index contributed by atoms with van der Waals surface area (Å²) >= 11 is 0. The maximum atomic E-state index is 13.6. The molecule has 0 fully saturated rings. The van der Waals surface area contributed by atoms with Crippen molar-refractivity contribution in [1.29, 1.82) is 0 Å². The van der Waals surface area contributed by atoms with Crippen molar-refractivity contribution in [3.05, 3.63) is 95.4 Å². The molecule has 2 amide bonds. The number of anilines is 1. The van der Waals surface area contributed by atoms with Crippen molar-refractivity contribution in [2.75, 3.05) is 18.2 Å². The van der Waals surface area contributed by atoms with Gasteiger partial charge in [0.15, 0.2) is 11.5 Å². The second-order valence-corrected chi connectivity index (χ2v) is 9.65. The molecule has 9 heteroatoms. The van der Waals surface area contributed by atoms with E-state index < -0.39 is 27.8 Å². The summed E-state index contributed by atoms with van der Waals surface area (Å²) in [6.07, 6.45) is 1.36. The van der Waals surface area contributed by atoms with Crippen LogP contribution >= 0.6 is 0 Å². The Hall–Kier alpha value is -4.11. The summed E-state index contributed by atoms with van der Waals surface area (Å²) in [5.41, 5.74) is 1.90. The standard InChI is InChI=1S/C27H26N2O6S/c1-2-29(22-11-7-4-8-12-22)27(31)23(17-21-13-14-24-25(18-21)35-19-34-24)26(30)28-36(32,33)16-15-20-9-5-3-6-10-20/h3-16,18,23H,2,17,19H2,1H3,(H,28,30)/b16-15+. The molecule has 3 aromatic carbocycles. The number of rotatable bonds is 9. The molecule has 0 spiro atoms. The van der Waals surface area contributed by atoms with Crippen LogP contribution in [-0.2, 0) is 26.0 Å². The highest BCUT2D eigenvalue weighted by molar-refractivity contribution is 7.93. The fourth-order valence-corrected chi connectivity index (χ4v) is 4.66. The van der Waals surface area contributed by atoms with Crippen LogP contribution in [0, 0.1) is 5.92 Å². The fourth-order valence-electron chi connectivity index (χ4n) is 3.84. The van der Waals surface area contributed by atoms with E-state index in [1.807, 2.05) is 12.1 Å². The fraction of sp³-hybridized carbons (Fsp3) is 0.185. The van der Waals surface area contributed by atoms with Crippen molar-refractivity contribution < 1.29 is 27.5 Å². The Morgan fingerprint density at radius 1 is 0.972 bits per heavy atom. The van der Waals surface area contributed by atoms with Crippen LogP contribution in [0.15, 0.2) is 84.3 Å². The van der Waals surface area contributed by atoms with Gasteiger partial charge >= 0.3 is 0 Å². The van der Waals surface area contributed by atoms with Crippen LogP contribution in [0.2, 0.25) is 0 Å². The van der Waals surface area contributed by atoms with Crippen LogP contribution in [-0.4, -0.2) is 33.6 Å². The van der Waals surface area contributed by atoms with E-state index in [1.54, 1.807) is 73.7 Å². The van der Waals surface area contributed by atoms with E-state index in [1.165, 1.54) is 11.0 Å². The summed E-state index contributed by atoms with van der Waals surface area (Å²) in [5.74, 6) is -1.65. The molecule has 0 bridgehead atoms. The number of hydrogen-bond acceptors (Lipinski definition) is 6. The number of sulfonamides is 1. The molecule has 1 atom stereocenters. The average molecular weight is 507 g/mol. The van der Waals surface area contributed by atoms with Crippen LogP contribution in [0.4, 0.5) is 5.69 Å². The predicted octanol–water partition coefficient (Wildman–Crippen LogP) is 3.74. The molecular weight excluding hydrogens is 480 g/mol. The normalized spacial score (nSPS) is 13.4. The lowest BCUT2D eigenvalue weighted by Crippen LogP contribution is -2.46. The molecule has 1 N–H and O–H groups in total. The number of ether oxygens (including phenoxy) is 2. The Bertz CT molecular complexity index is 1360. The van der Waals surface area contributed by atoms with Gasteiger partial charge in [-0.2, -0.15) is 0 Å². The molecule has 0 saturated carbocycles. The number of amides is 2. The molecule has 0 saturated heterocycles. The van der Waals surface area contributed by atoms with Gasteiger partial charge in [0.1, 0.15) is 5.92 Å². The van der Waals surface area contributed by atoms with E-state index in [9.17, 15) is 18.0 Å². The Labute approximate surface area is 210 Å². The zero-order chi connectivity index (χ0) is 25.5. The third kappa shape index (κ3) is 6.11. The lowest BCUT2D eigenvalue weighted by Gasteiger charge is -2.26. The largest absolute Gasteiger partial charge is 0.454 e. The molecule has 1 aliphatic rings. The number of para-hydroxylation sites is 1. The maximum Gasteiger partial charge on any atom is 0.257 e. The number of nitrogens with zero attached hydrogens (tertiary/aromatic N) is 1. The van der Waals surface area contributed by atoms with Gasteiger partial charge in [-0.25, -0.2) is 13.1 Å². The summed E-state index contributed by atoms with van der Waals surface area (Å²) in [4.78, 5) is 28.4. The first kappa shape index (κ1) is 25.0. The molecule has 1 aliphatic heterocycles. The van der Waals surface area contributed by atoms with E-state index in [-0.39, 0.29) is 13.2 Å². The van der Waals surface area contributed by atoms with E-state index in [0.29, 0.717) is 34.9 Å². The van der Waals surface area contributed by atoms with Crippen molar-refractivity contribution in [3.63, 3.8) is 0 Å². The highest BCUT2D eigenvalue weighted by atomic mass is 32.2. The monoisotopic (exact) mass is 506 g/mol. The molecule has 4 rings (SSSR count). The molecule has 0 aromatic heterocycles. The van der Waals surface area contributed by atoms with Gasteiger partial charge in [-0.1, -0.05) is 54.6 Å². The van der Waals surface area contributed by atoms with Crippen LogP contribution in [0.1, 0.15) is 18.1 Å². The van der Waals surface area contributed by atoms with Gasteiger partial charge in [-0.15, -0.1) is 0 Å². The molecule has 1 heterocycles. The molecule has 186 valence electrons. The predicted molar refractivity (Wildman–Crippen MR) is 137 cm³/mol. The van der Waals surface area contributed by atoms with Crippen LogP contribution in [0.25, 0.3) is 6.08 Å². The van der Waals surface area contributed by atoms with E-state index in [2.05, 4.69) is 4.72 Å². The van der Waals surface area contributed by atoms with Gasteiger partial charge < -0.3 is 14.4 Å². The smallest absolute Gasteiger partial charge is 0.257 e. The molecule has 0 aliphatic carbocycles. The van der Waals surface area contributed by atoms with Crippen molar-refractivity contribution in [2.45, 2.75) is 13.3 Å². The van der Waals surface area contributed by atoms with Gasteiger partial charge in [0, 0.05) is 12.2 Å². The quantitative estimate of drug-likeness (QED) is 0.444. The number of fused-ring (bicyclic) bond motifs is 1. The SMILES string of the molecule is CCN(C(=O)C(Cc1ccc2c(c1)OCO2)C(=O)NS(=O)(=O)/C=C/c1ccccc1)c1ccccc1. The number of benzene rings is 3. The van der Waals surface area contributed by atoms with Crippen molar-refractivity contribution >= 4 is 33.6 Å². The van der Waals surface area contributed by atoms with Gasteiger partial charge in [-0.3, -0.25) is 9.59 Å². The van der Waals surface area contributed by atoms with Crippen LogP contribution < -0.4 is 19.1 Å². The summed E-state index contributed by atoms with van der Waals surface area (Å²) in [5, 5.41) is 0.914. The van der Waals surface area contributed by atoms with Crippen LogP contribution in [0.3, 0.4) is 0 Å². The zero-order valence-electron chi connectivity index (χ0n) is 19.7. The Morgan fingerprint density at radius 2 is 1.64 bits per heavy atom. The van der Waals surface area contributed by atoms with Crippen LogP contribution in [0.5, 0.6) is 11.5 Å². The molecule has 36 heavy (non-hydrogen) atoms. The Morgan fingerprint density at radius 3 is 2.33 bits per heavy atom. The van der Waals surface area contributed by atoms with Gasteiger partial charge in [0.25, 0.3) is 10.0 Å². The first-order valence-corrected chi connectivity index (χ1v) is 13.0. The third-order valence-corrected chi connectivity index (χ3v) is 6.60. The lowest BCUT2D eigenvalue weighted by molar-refractivity contribution is -0.132. The lowest BCUT2D eigenvalue weighted by atomic mass is 9.96. The van der Waals surface area contributed by atoms with Crippen molar-refractivity contribution in [1.82, 2.24) is 4.72 Å². The van der Waals surface area contributed by atoms with E-state index >= 15 is 0 Å². The highest BCUT2D eigenvalue weighted by Crippen LogP contribution is 2.33. The van der Waals surface area contributed by atoms with Gasteiger partial charge in [0.05, 0.1) is 5.41 Å². The molecule has 1 unspecified atom stereocenters. The van der Waals surface area contributed by atoms with E-state index in [4.69, 9.17) is 9.47 Å². The van der Waals surface area contributed by atoms with Crippen molar-refractivity contribution in [3.8, 4) is 11.5 Å². The molecule has 3 aromatic rings. The average Bonchev–Trinajstić information content (AvgIpc) is 3.35. The molecule has 0 radical (unpaired) electrons. The molecular formula is C27H26N2O6S. The maximum absolute atomic E-state index is 13.6. The minimum absolute atomic E-state index is 0.0252. The second kappa shape index (κ2) is 11.1. The number of hydrogen-bond donors (Lipinski definition) is 1. The minimum Gasteiger partial charge on any atom is -0.454 e. The summed E-state index contributed by atoms with van der Waals surface area (Å²) < 4.78 is 38.1. The second-order valence-electron chi connectivity index (χ2n) is 8.09. The Balaban J connectivity index is 1.60. The third-order valence-electron chi connectivity index (χ3n) is 5.62. The highest BCUT2D eigenvalue weighted by Gasteiger charge is 2.33. The van der Waals surface area contributed by atoms with Gasteiger partial charge in [-0.05, 0) is 54.8 Å². The first-order valence-electron chi connectivity index (χ1n) is 11.4. The summed E-state index contributed by atoms with van der Waals surface area (Å²) in [6.45, 7) is 2.18. The number of nitrogens with one attached hydrogen (secondary N) is 1. The zero-order valence-corrected chi connectivity index (χ0v) is 20.5. The number of carbonyl (C=O) groups excluding carboxylic acids is 2. The summed E-state index contributed by atoms with van der Waals surface area (Å²) in [7, 11) is -4.15. The topological polar surface area (TPSA) is 102 Å². The van der Waals surface area contributed by atoms with E-state index in [0.717, 1.165) is 5.41 Å². The Kier molecular flexibility index (Phi) is 7.70. The van der Waals surface area contributed by atoms with Crippen molar-refractivity contribution in [2.24, 2.45) is 5.92 Å². The minimum atomic E-state index is -4.15. The number of carbonyl (C=O) groups is 2.